The van der Waals surface area contributed by atoms with E-state index in [0.717, 1.165) is 10.8 Å². The van der Waals surface area contributed by atoms with E-state index in [1.807, 2.05) is 6.07 Å². The van der Waals surface area contributed by atoms with E-state index in [9.17, 15) is 9.18 Å². The molecular formula is C17H20FN3OS2. The Morgan fingerprint density at radius 2 is 2.08 bits per heavy atom. The zero-order valence-corrected chi connectivity index (χ0v) is 15.0. The van der Waals surface area contributed by atoms with Crippen molar-refractivity contribution in [2.75, 3.05) is 5.32 Å². The van der Waals surface area contributed by atoms with E-state index in [2.05, 4.69) is 15.5 Å². The molecule has 1 aliphatic rings. The summed E-state index contributed by atoms with van der Waals surface area (Å²) < 4.78 is 14.3. The molecule has 1 N–H and O–H groups in total. The van der Waals surface area contributed by atoms with E-state index in [-0.39, 0.29) is 11.7 Å². The topological polar surface area (TPSA) is 54.9 Å². The highest BCUT2D eigenvalue weighted by molar-refractivity contribution is 8.00. The van der Waals surface area contributed by atoms with Crippen molar-refractivity contribution >= 4 is 34.1 Å². The van der Waals surface area contributed by atoms with Gasteiger partial charge in [0.2, 0.25) is 11.0 Å². The van der Waals surface area contributed by atoms with Crippen molar-refractivity contribution in [2.45, 2.75) is 48.6 Å². The smallest absolute Gasteiger partial charge is 0.226 e. The SMILES string of the molecule is O=C(CCC1CCCC1)Nc1nnc(SCc2ccccc2F)s1. The molecule has 0 unspecified atom stereocenters. The predicted octanol–water partition coefficient (Wildman–Crippen LogP) is 4.88. The Morgan fingerprint density at radius 3 is 2.88 bits per heavy atom. The lowest BCUT2D eigenvalue weighted by molar-refractivity contribution is -0.116. The number of amides is 1. The van der Waals surface area contributed by atoms with Crippen LogP contribution in [0.25, 0.3) is 0 Å². The zero-order valence-electron chi connectivity index (χ0n) is 13.3. The fourth-order valence-corrected chi connectivity index (χ4v) is 4.64. The number of halogens is 1. The number of anilines is 1. The molecule has 1 heterocycles. The minimum absolute atomic E-state index is 0.00343. The van der Waals surface area contributed by atoms with E-state index in [1.54, 1.807) is 12.1 Å². The number of carbonyl (C=O) groups is 1. The number of hydrogen-bond donors (Lipinski definition) is 1. The molecule has 2 aromatic rings. The molecular weight excluding hydrogens is 345 g/mol. The van der Waals surface area contributed by atoms with Crippen LogP contribution < -0.4 is 5.32 Å². The summed E-state index contributed by atoms with van der Waals surface area (Å²) in [5, 5.41) is 11.4. The van der Waals surface area contributed by atoms with E-state index >= 15 is 0 Å². The van der Waals surface area contributed by atoms with Crippen LogP contribution in [0, 0.1) is 11.7 Å². The molecule has 1 aromatic heterocycles. The molecule has 1 aromatic carbocycles. The van der Waals surface area contributed by atoms with Crippen LogP contribution in [0.5, 0.6) is 0 Å². The molecule has 0 aliphatic heterocycles. The van der Waals surface area contributed by atoms with Crippen molar-refractivity contribution in [3.63, 3.8) is 0 Å². The van der Waals surface area contributed by atoms with Gasteiger partial charge in [-0.25, -0.2) is 4.39 Å². The maximum Gasteiger partial charge on any atom is 0.226 e. The third kappa shape index (κ3) is 5.01. The molecule has 0 radical (unpaired) electrons. The van der Waals surface area contributed by atoms with E-state index in [4.69, 9.17) is 0 Å². The summed E-state index contributed by atoms with van der Waals surface area (Å²) in [5.41, 5.74) is 0.639. The summed E-state index contributed by atoms with van der Waals surface area (Å²) in [6.45, 7) is 0. The third-order valence-corrected chi connectivity index (χ3v) is 6.24. The molecule has 128 valence electrons. The maximum atomic E-state index is 13.6. The number of nitrogens with zero attached hydrogens (tertiary/aromatic N) is 2. The van der Waals surface area contributed by atoms with Gasteiger partial charge in [-0.15, -0.1) is 10.2 Å². The van der Waals surface area contributed by atoms with Crippen LogP contribution in [0.1, 0.15) is 44.1 Å². The molecule has 0 atom stereocenters. The van der Waals surface area contributed by atoms with Gasteiger partial charge < -0.3 is 5.32 Å². The van der Waals surface area contributed by atoms with Crippen LogP contribution in [-0.2, 0) is 10.5 Å². The van der Waals surface area contributed by atoms with Crippen molar-refractivity contribution in [1.82, 2.24) is 10.2 Å². The Kier molecular flexibility index (Phi) is 6.20. The summed E-state index contributed by atoms with van der Waals surface area (Å²) in [4.78, 5) is 12.0. The highest BCUT2D eigenvalue weighted by Crippen LogP contribution is 2.30. The zero-order chi connectivity index (χ0) is 16.8. The van der Waals surface area contributed by atoms with Crippen LogP contribution in [0.15, 0.2) is 28.6 Å². The number of thioether (sulfide) groups is 1. The first-order valence-electron chi connectivity index (χ1n) is 8.20. The molecule has 7 heteroatoms. The number of nitrogens with one attached hydrogen (secondary N) is 1. The average Bonchev–Trinajstić information content (AvgIpc) is 3.24. The first-order chi connectivity index (χ1) is 11.7. The van der Waals surface area contributed by atoms with Crippen molar-refractivity contribution in [2.24, 2.45) is 5.92 Å². The van der Waals surface area contributed by atoms with Gasteiger partial charge in [-0.2, -0.15) is 0 Å². The van der Waals surface area contributed by atoms with Crippen LogP contribution >= 0.6 is 23.1 Å². The van der Waals surface area contributed by atoms with Gasteiger partial charge in [0, 0.05) is 12.2 Å². The first kappa shape index (κ1) is 17.4. The first-order valence-corrected chi connectivity index (χ1v) is 10.0. The molecule has 1 saturated carbocycles. The second kappa shape index (κ2) is 8.58. The molecule has 1 aliphatic carbocycles. The molecule has 1 fully saturated rings. The molecule has 4 nitrogen and oxygen atoms in total. The second-order valence-corrected chi connectivity index (χ2v) is 8.19. The lowest BCUT2D eigenvalue weighted by atomic mass is 10.0. The van der Waals surface area contributed by atoms with Gasteiger partial charge in [-0.3, -0.25) is 4.79 Å². The Bertz CT molecular complexity index is 686. The van der Waals surface area contributed by atoms with Gasteiger partial charge >= 0.3 is 0 Å². The van der Waals surface area contributed by atoms with Crippen LogP contribution in [0.3, 0.4) is 0 Å². The van der Waals surface area contributed by atoms with Crippen LogP contribution in [0.4, 0.5) is 9.52 Å². The van der Waals surface area contributed by atoms with Gasteiger partial charge in [0.05, 0.1) is 0 Å². The van der Waals surface area contributed by atoms with E-state index in [1.165, 1.54) is 54.8 Å². The number of carbonyl (C=O) groups excluding carboxylic acids is 1. The summed E-state index contributed by atoms with van der Waals surface area (Å²) in [7, 11) is 0. The third-order valence-electron chi connectivity index (χ3n) is 4.22. The van der Waals surface area contributed by atoms with E-state index in [0.29, 0.717) is 28.8 Å². The Hall–Kier alpha value is -1.47. The Balaban J connectivity index is 1.44. The normalized spacial score (nSPS) is 14.9. The maximum absolute atomic E-state index is 13.6. The molecule has 3 rings (SSSR count). The summed E-state index contributed by atoms with van der Waals surface area (Å²) >= 11 is 2.75. The number of benzene rings is 1. The second-order valence-electron chi connectivity index (χ2n) is 5.99. The standard InChI is InChI=1S/C17H20FN3OS2/c18-14-8-4-3-7-13(14)11-23-17-21-20-16(24-17)19-15(22)10-9-12-5-1-2-6-12/h3-4,7-8,12H,1-2,5-6,9-11H2,(H,19,20,22). The molecule has 0 spiro atoms. The Morgan fingerprint density at radius 1 is 1.29 bits per heavy atom. The van der Waals surface area contributed by atoms with Gasteiger partial charge in [0.25, 0.3) is 0 Å². The van der Waals surface area contributed by atoms with Crippen molar-refractivity contribution in [3.05, 3.63) is 35.6 Å². The number of aromatic nitrogens is 2. The van der Waals surface area contributed by atoms with Gasteiger partial charge in [-0.1, -0.05) is 67.0 Å². The van der Waals surface area contributed by atoms with Crippen molar-refractivity contribution < 1.29 is 9.18 Å². The summed E-state index contributed by atoms with van der Waals surface area (Å²) in [6.07, 6.45) is 6.60. The van der Waals surface area contributed by atoms with Gasteiger partial charge in [-0.05, 0) is 24.0 Å². The molecule has 0 saturated heterocycles. The number of rotatable bonds is 7. The largest absolute Gasteiger partial charge is 0.301 e. The lowest BCUT2D eigenvalue weighted by Crippen LogP contribution is -2.12. The molecule has 0 bridgehead atoms. The molecule has 24 heavy (non-hydrogen) atoms. The minimum atomic E-state index is -0.213. The summed E-state index contributed by atoms with van der Waals surface area (Å²) in [6, 6.07) is 6.70. The van der Waals surface area contributed by atoms with Crippen LogP contribution in [-0.4, -0.2) is 16.1 Å². The average molecular weight is 365 g/mol. The van der Waals surface area contributed by atoms with Gasteiger partial charge in [0.15, 0.2) is 4.34 Å². The molecule has 1 amide bonds. The minimum Gasteiger partial charge on any atom is -0.301 e. The fourth-order valence-electron chi connectivity index (χ4n) is 2.89. The highest BCUT2D eigenvalue weighted by atomic mass is 32.2. The van der Waals surface area contributed by atoms with Crippen molar-refractivity contribution in [1.29, 1.82) is 0 Å². The summed E-state index contributed by atoms with van der Waals surface area (Å²) in [5.74, 6) is 0.993. The van der Waals surface area contributed by atoms with Crippen LogP contribution in [0.2, 0.25) is 0 Å². The quantitative estimate of drug-likeness (QED) is 0.561. The highest BCUT2D eigenvalue weighted by Gasteiger charge is 2.17. The van der Waals surface area contributed by atoms with Gasteiger partial charge in [0.1, 0.15) is 5.82 Å². The predicted molar refractivity (Wildman–Crippen MR) is 95.7 cm³/mol. The number of hydrogen-bond acceptors (Lipinski definition) is 5. The lowest BCUT2D eigenvalue weighted by Gasteiger charge is -2.07. The fraction of sp³-hybridized carbons (Fsp3) is 0.471. The monoisotopic (exact) mass is 365 g/mol. The van der Waals surface area contributed by atoms with Crippen molar-refractivity contribution in [3.8, 4) is 0 Å². The Labute approximate surface area is 149 Å². The van der Waals surface area contributed by atoms with E-state index < -0.39 is 0 Å².